The second-order valence-electron chi connectivity index (χ2n) is 4.71. The standard InChI is InChI=1S/C11H22N2S/c1-2-13(7-10-3-4-10)11(8-12)5-6-14-9-11/h10H,2-9,12H2,1H3. The van der Waals surface area contributed by atoms with Crippen molar-refractivity contribution in [2.24, 2.45) is 11.7 Å². The largest absolute Gasteiger partial charge is 0.329 e. The van der Waals surface area contributed by atoms with Crippen LogP contribution in [0.25, 0.3) is 0 Å². The zero-order valence-corrected chi connectivity index (χ0v) is 9.98. The van der Waals surface area contributed by atoms with Gasteiger partial charge in [-0.15, -0.1) is 0 Å². The summed E-state index contributed by atoms with van der Waals surface area (Å²) in [6, 6.07) is 0. The fourth-order valence-corrected chi connectivity index (χ4v) is 3.90. The molecule has 14 heavy (non-hydrogen) atoms. The predicted molar refractivity (Wildman–Crippen MR) is 63.7 cm³/mol. The van der Waals surface area contributed by atoms with Crippen molar-refractivity contribution in [3.05, 3.63) is 0 Å². The van der Waals surface area contributed by atoms with Crippen molar-refractivity contribution >= 4 is 11.8 Å². The van der Waals surface area contributed by atoms with E-state index >= 15 is 0 Å². The number of hydrogen-bond acceptors (Lipinski definition) is 3. The molecule has 0 aromatic rings. The average molecular weight is 214 g/mol. The number of likely N-dealkylation sites (N-methyl/N-ethyl adjacent to an activating group) is 1. The lowest BCUT2D eigenvalue weighted by Crippen LogP contribution is -2.54. The summed E-state index contributed by atoms with van der Waals surface area (Å²) in [6.07, 6.45) is 4.20. The number of nitrogens with two attached hydrogens (primary N) is 1. The average Bonchev–Trinajstić information content (AvgIpc) is 2.91. The lowest BCUT2D eigenvalue weighted by Gasteiger charge is -2.39. The van der Waals surface area contributed by atoms with Gasteiger partial charge in [-0.25, -0.2) is 0 Å². The Hall–Kier alpha value is 0.270. The normalized spacial score (nSPS) is 32.8. The van der Waals surface area contributed by atoms with Gasteiger partial charge in [-0.2, -0.15) is 11.8 Å². The van der Waals surface area contributed by atoms with E-state index in [1.807, 2.05) is 0 Å². The summed E-state index contributed by atoms with van der Waals surface area (Å²) in [7, 11) is 0. The molecule has 2 nitrogen and oxygen atoms in total. The van der Waals surface area contributed by atoms with Gasteiger partial charge in [-0.3, -0.25) is 4.90 Å². The van der Waals surface area contributed by atoms with Gasteiger partial charge in [0, 0.05) is 24.4 Å². The highest BCUT2D eigenvalue weighted by Crippen LogP contribution is 2.37. The van der Waals surface area contributed by atoms with Crippen LogP contribution < -0.4 is 5.73 Å². The molecule has 0 amide bonds. The Kier molecular flexibility index (Phi) is 3.40. The van der Waals surface area contributed by atoms with Crippen LogP contribution in [-0.2, 0) is 0 Å². The maximum atomic E-state index is 5.99. The third kappa shape index (κ3) is 2.10. The molecule has 1 heterocycles. The SMILES string of the molecule is CCN(CC1CC1)C1(CN)CCSC1. The quantitative estimate of drug-likeness (QED) is 0.753. The minimum absolute atomic E-state index is 0.349. The molecule has 2 N–H and O–H groups in total. The molecule has 0 aromatic heterocycles. The lowest BCUT2D eigenvalue weighted by molar-refractivity contribution is 0.117. The molecule has 2 aliphatic rings. The van der Waals surface area contributed by atoms with Crippen LogP contribution in [0.3, 0.4) is 0 Å². The van der Waals surface area contributed by atoms with Crippen molar-refractivity contribution in [2.75, 3.05) is 31.1 Å². The van der Waals surface area contributed by atoms with E-state index in [4.69, 9.17) is 5.73 Å². The van der Waals surface area contributed by atoms with Crippen molar-refractivity contribution < 1.29 is 0 Å². The first kappa shape index (κ1) is 10.8. The number of hydrogen-bond donors (Lipinski definition) is 1. The molecular weight excluding hydrogens is 192 g/mol. The first-order valence-corrected chi connectivity index (χ1v) is 6.99. The van der Waals surface area contributed by atoms with Crippen LogP contribution in [0.1, 0.15) is 26.2 Å². The molecular formula is C11H22N2S. The first-order chi connectivity index (χ1) is 6.80. The Morgan fingerprint density at radius 2 is 2.29 bits per heavy atom. The van der Waals surface area contributed by atoms with Gasteiger partial charge in [0.1, 0.15) is 0 Å². The lowest BCUT2D eigenvalue weighted by atomic mass is 9.96. The highest BCUT2D eigenvalue weighted by atomic mass is 32.2. The van der Waals surface area contributed by atoms with E-state index in [0.29, 0.717) is 5.54 Å². The summed E-state index contributed by atoms with van der Waals surface area (Å²) in [5, 5.41) is 0. The van der Waals surface area contributed by atoms with Crippen LogP contribution >= 0.6 is 11.8 Å². The number of rotatable bonds is 5. The van der Waals surface area contributed by atoms with E-state index in [9.17, 15) is 0 Å². The zero-order chi connectivity index (χ0) is 10.0. The molecule has 0 bridgehead atoms. The van der Waals surface area contributed by atoms with Crippen molar-refractivity contribution in [3.8, 4) is 0 Å². The van der Waals surface area contributed by atoms with Crippen molar-refractivity contribution in [3.63, 3.8) is 0 Å². The summed E-state index contributed by atoms with van der Waals surface area (Å²) in [4.78, 5) is 2.66. The van der Waals surface area contributed by atoms with Crippen LogP contribution in [0.4, 0.5) is 0 Å². The second kappa shape index (κ2) is 4.42. The Labute approximate surface area is 91.6 Å². The molecule has 2 rings (SSSR count). The topological polar surface area (TPSA) is 29.3 Å². The van der Waals surface area contributed by atoms with Gasteiger partial charge < -0.3 is 5.73 Å². The van der Waals surface area contributed by atoms with Crippen molar-refractivity contribution in [1.29, 1.82) is 0 Å². The van der Waals surface area contributed by atoms with Crippen LogP contribution in [0.5, 0.6) is 0 Å². The van der Waals surface area contributed by atoms with Gasteiger partial charge in [0.05, 0.1) is 0 Å². The minimum Gasteiger partial charge on any atom is -0.329 e. The third-order valence-corrected chi connectivity index (χ3v) is 4.92. The molecule has 2 fully saturated rings. The smallest absolute Gasteiger partial charge is 0.0429 e. The second-order valence-corrected chi connectivity index (χ2v) is 5.82. The summed E-state index contributed by atoms with van der Waals surface area (Å²) >= 11 is 2.08. The Morgan fingerprint density at radius 3 is 2.71 bits per heavy atom. The monoisotopic (exact) mass is 214 g/mol. The van der Waals surface area contributed by atoms with Gasteiger partial charge in [-0.1, -0.05) is 6.92 Å². The molecule has 1 unspecified atom stereocenters. The summed E-state index contributed by atoms with van der Waals surface area (Å²) < 4.78 is 0. The van der Waals surface area contributed by atoms with E-state index in [0.717, 1.165) is 12.5 Å². The summed E-state index contributed by atoms with van der Waals surface area (Å²) in [5.74, 6) is 3.55. The van der Waals surface area contributed by atoms with Gasteiger partial charge in [0.15, 0.2) is 0 Å². The molecule has 1 saturated carbocycles. The van der Waals surface area contributed by atoms with Crippen LogP contribution in [0.2, 0.25) is 0 Å². The van der Waals surface area contributed by atoms with Crippen LogP contribution in [0.15, 0.2) is 0 Å². The molecule has 3 heteroatoms. The van der Waals surface area contributed by atoms with E-state index in [-0.39, 0.29) is 0 Å². The highest BCUT2D eigenvalue weighted by Gasteiger charge is 2.40. The summed E-state index contributed by atoms with van der Waals surface area (Å²) in [5.41, 5.74) is 6.34. The fraction of sp³-hybridized carbons (Fsp3) is 1.00. The number of nitrogens with zero attached hydrogens (tertiary/aromatic N) is 1. The molecule has 1 atom stereocenters. The van der Waals surface area contributed by atoms with Gasteiger partial charge in [-0.05, 0) is 37.5 Å². The molecule has 0 radical (unpaired) electrons. The number of thioether (sulfide) groups is 1. The fourth-order valence-electron chi connectivity index (χ4n) is 2.41. The molecule has 0 aromatic carbocycles. The summed E-state index contributed by atoms with van der Waals surface area (Å²) in [6.45, 7) is 5.60. The molecule has 1 saturated heterocycles. The minimum atomic E-state index is 0.349. The Morgan fingerprint density at radius 1 is 1.50 bits per heavy atom. The van der Waals surface area contributed by atoms with Crippen LogP contribution in [0, 0.1) is 5.92 Å². The van der Waals surface area contributed by atoms with Gasteiger partial charge >= 0.3 is 0 Å². The van der Waals surface area contributed by atoms with Crippen molar-refractivity contribution in [2.45, 2.75) is 31.7 Å². The van der Waals surface area contributed by atoms with Gasteiger partial charge in [0.2, 0.25) is 0 Å². The van der Waals surface area contributed by atoms with Crippen LogP contribution in [-0.4, -0.2) is 41.6 Å². The molecule has 82 valence electrons. The maximum absolute atomic E-state index is 5.99. The highest BCUT2D eigenvalue weighted by molar-refractivity contribution is 7.99. The Bertz CT molecular complexity index is 186. The maximum Gasteiger partial charge on any atom is 0.0429 e. The van der Waals surface area contributed by atoms with E-state index in [1.165, 1.54) is 43.9 Å². The van der Waals surface area contributed by atoms with E-state index in [1.54, 1.807) is 0 Å². The van der Waals surface area contributed by atoms with Crippen molar-refractivity contribution in [1.82, 2.24) is 4.90 Å². The molecule has 1 aliphatic heterocycles. The Balaban J connectivity index is 1.98. The zero-order valence-electron chi connectivity index (χ0n) is 9.17. The van der Waals surface area contributed by atoms with Gasteiger partial charge in [0.25, 0.3) is 0 Å². The predicted octanol–water partition coefficient (Wildman–Crippen LogP) is 1.55. The molecule has 0 spiro atoms. The third-order valence-electron chi connectivity index (χ3n) is 3.69. The van der Waals surface area contributed by atoms with E-state index < -0.39 is 0 Å². The first-order valence-electron chi connectivity index (χ1n) is 5.83. The molecule has 1 aliphatic carbocycles. The van der Waals surface area contributed by atoms with E-state index in [2.05, 4.69) is 23.6 Å².